The van der Waals surface area contributed by atoms with Crippen LogP contribution in [0.25, 0.3) is 22.2 Å². The van der Waals surface area contributed by atoms with Gasteiger partial charge in [0, 0.05) is 17.1 Å². The highest BCUT2D eigenvalue weighted by atomic mass is 16.7. The zero-order valence-electron chi connectivity index (χ0n) is 20.0. The second kappa shape index (κ2) is 9.98. The minimum absolute atomic E-state index is 0.178. The van der Waals surface area contributed by atoms with Crippen molar-refractivity contribution in [1.29, 1.82) is 5.26 Å². The first-order valence-corrected chi connectivity index (χ1v) is 12.0. The molecule has 0 atom stereocenters. The molecule has 0 spiro atoms. The summed E-state index contributed by atoms with van der Waals surface area (Å²) in [5.41, 5.74) is 4.09. The third-order valence-electron chi connectivity index (χ3n) is 6.35. The summed E-state index contributed by atoms with van der Waals surface area (Å²) in [6.07, 6.45) is 2.47. The molecule has 1 saturated heterocycles. The van der Waals surface area contributed by atoms with Crippen molar-refractivity contribution in [2.75, 3.05) is 25.3 Å². The number of ether oxygens (including phenoxy) is 4. The van der Waals surface area contributed by atoms with Crippen LogP contribution in [0.5, 0.6) is 5.75 Å². The van der Waals surface area contributed by atoms with Crippen molar-refractivity contribution in [3.63, 3.8) is 0 Å². The second-order valence-electron chi connectivity index (χ2n) is 9.22. The standard InChI is InChI=1S/C27H29N3O5/c1-17(2)34-27(31)29-19-8-6-18(7-9-19)26-24(13-28)23-12-21(35-22-14-32-16-33-15-22)10-11-25(23)30(26)20-4-3-5-20/h6-12,17,20,22H,3-5,14-16H2,1-2H3,(H,29,31). The molecule has 0 radical (unpaired) electrons. The predicted octanol–water partition coefficient (Wildman–Crippen LogP) is 5.61. The number of fused-ring (bicyclic) bond motifs is 1. The molecule has 0 unspecified atom stereocenters. The van der Waals surface area contributed by atoms with Crippen molar-refractivity contribution >= 4 is 22.7 Å². The van der Waals surface area contributed by atoms with Crippen LogP contribution in [0.4, 0.5) is 10.5 Å². The van der Waals surface area contributed by atoms with Gasteiger partial charge in [0.05, 0.1) is 36.1 Å². The number of nitrogens with zero attached hydrogens (tertiary/aromatic N) is 2. The summed E-state index contributed by atoms with van der Waals surface area (Å²) in [5, 5.41) is 13.8. The van der Waals surface area contributed by atoms with Gasteiger partial charge >= 0.3 is 6.09 Å². The Morgan fingerprint density at radius 1 is 1.14 bits per heavy atom. The molecule has 35 heavy (non-hydrogen) atoms. The summed E-state index contributed by atoms with van der Waals surface area (Å²) in [4.78, 5) is 12.0. The number of nitrogens with one attached hydrogen (secondary N) is 1. The molecule has 1 saturated carbocycles. The average molecular weight is 476 g/mol. The van der Waals surface area contributed by atoms with Crippen LogP contribution in [0.15, 0.2) is 42.5 Å². The number of carbonyl (C=O) groups excluding carboxylic acids is 1. The van der Waals surface area contributed by atoms with Gasteiger partial charge < -0.3 is 23.5 Å². The van der Waals surface area contributed by atoms with E-state index in [4.69, 9.17) is 18.9 Å². The first-order chi connectivity index (χ1) is 17.0. The molecule has 8 heteroatoms. The van der Waals surface area contributed by atoms with Crippen LogP contribution in [-0.4, -0.2) is 42.9 Å². The molecule has 2 fully saturated rings. The van der Waals surface area contributed by atoms with Crippen LogP contribution in [0.2, 0.25) is 0 Å². The number of aromatic nitrogens is 1. The monoisotopic (exact) mass is 475 g/mol. The smallest absolute Gasteiger partial charge is 0.411 e. The lowest BCUT2D eigenvalue weighted by Crippen LogP contribution is -2.33. The Kier molecular flexibility index (Phi) is 6.62. The number of carbonyl (C=O) groups is 1. The van der Waals surface area contributed by atoms with Gasteiger partial charge in [-0.3, -0.25) is 5.32 Å². The van der Waals surface area contributed by atoms with Crippen molar-refractivity contribution in [3.05, 3.63) is 48.0 Å². The third-order valence-corrected chi connectivity index (χ3v) is 6.35. The van der Waals surface area contributed by atoms with Crippen LogP contribution >= 0.6 is 0 Å². The van der Waals surface area contributed by atoms with Crippen molar-refractivity contribution < 1.29 is 23.7 Å². The average Bonchev–Trinajstić information content (AvgIpc) is 3.12. The van der Waals surface area contributed by atoms with Crippen molar-refractivity contribution in [3.8, 4) is 23.1 Å². The highest BCUT2D eigenvalue weighted by Crippen LogP contribution is 2.43. The fourth-order valence-corrected chi connectivity index (χ4v) is 4.59. The second-order valence-corrected chi connectivity index (χ2v) is 9.22. The predicted molar refractivity (Wildman–Crippen MR) is 131 cm³/mol. The molecule has 1 amide bonds. The van der Waals surface area contributed by atoms with E-state index in [2.05, 4.69) is 16.0 Å². The molecule has 1 aliphatic carbocycles. The van der Waals surface area contributed by atoms with Gasteiger partial charge in [0.25, 0.3) is 0 Å². The van der Waals surface area contributed by atoms with Gasteiger partial charge in [-0.1, -0.05) is 12.1 Å². The normalized spacial score (nSPS) is 16.6. The Hall–Kier alpha value is -3.54. The van der Waals surface area contributed by atoms with Crippen LogP contribution in [0.3, 0.4) is 0 Å². The van der Waals surface area contributed by atoms with E-state index in [1.54, 1.807) is 13.8 Å². The van der Waals surface area contributed by atoms with E-state index < -0.39 is 6.09 Å². The molecule has 5 rings (SSSR count). The van der Waals surface area contributed by atoms with Gasteiger partial charge in [0.1, 0.15) is 24.7 Å². The number of rotatable bonds is 6. The maximum Gasteiger partial charge on any atom is 0.411 e. The van der Waals surface area contributed by atoms with Gasteiger partial charge in [-0.05, 0) is 69.0 Å². The molecule has 0 bridgehead atoms. The van der Waals surface area contributed by atoms with Gasteiger partial charge in [-0.15, -0.1) is 0 Å². The first kappa shape index (κ1) is 23.2. The Morgan fingerprint density at radius 3 is 2.51 bits per heavy atom. The SMILES string of the molecule is CC(C)OC(=O)Nc1ccc(-c2c(C#N)c3cc(OC4COCOC4)ccc3n2C2CCC2)cc1. The molecule has 1 aromatic heterocycles. The minimum Gasteiger partial charge on any atom is -0.486 e. The molecule has 2 aromatic carbocycles. The number of hydrogen-bond donors (Lipinski definition) is 1. The first-order valence-electron chi connectivity index (χ1n) is 12.0. The highest BCUT2D eigenvalue weighted by molar-refractivity contribution is 5.96. The summed E-state index contributed by atoms with van der Waals surface area (Å²) in [6.45, 7) is 4.85. The molecule has 3 aromatic rings. The summed E-state index contributed by atoms with van der Waals surface area (Å²) in [6, 6.07) is 16.3. The summed E-state index contributed by atoms with van der Waals surface area (Å²) in [5.74, 6) is 0.689. The van der Waals surface area contributed by atoms with Crippen molar-refractivity contribution in [1.82, 2.24) is 4.57 Å². The van der Waals surface area contributed by atoms with E-state index in [0.717, 1.165) is 35.0 Å². The quantitative estimate of drug-likeness (QED) is 0.498. The fraction of sp³-hybridized carbons (Fsp3) is 0.407. The van der Waals surface area contributed by atoms with Crippen LogP contribution < -0.4 is 10.1 Å². The maximum atomic E-state index is 12.0. The van der Waals surface area contributed by atoms with Crippen molar-refractivity contribution in [2.24, 2.45) is 0 Å². The molecule has 8 nitrogen and oxygen atoms in total. The number of hydrogen-bond acceptors (Lipinski definition) is 6. The summed E-state index contributed by atoms with van der Waals surface area (Å²) < 4.78 is 24.2. The summed E-state index contributed by atoms with van der Waals surface area (Å²) >= 11 is 0. The number of anilines is 1. The minimum atomic E-state index is -0.490. The van der Waals surface area contributed by atoms with E-state index in [9.17, 15) is 10.1 Å². The van der Waals surface area contributed by atoms with Gasteiger partial charge in [-0.2, -0.15) is 5.26 Å². The summed E-state index contributed by atoms with van der Waals surface area (Å²) in [7, 11) is 0. The molecule has 2 aliphatic rings. The lowest BCUT2D eigenvalue weighted by molar-refractivity contribution is -0.143. The Bertz CT molecular complexity index is 1250. The largest absolute Gasteiger partial charge is 0.486 e. The number of amides is 1. The third kappa shape index (κ3) is 4.83. The van der Waals surface area contributed by atoms with E-state index in [-0.39, 0.29) is 19.0 Å². The molecule has 1 aliphatic heterocycles. The molecular weight excluding hydrogens is 446 g/mol. The lowest BCUT2D eigenvalue weighted by atomic mass is 9.92. The van der Waals surface area contributed by atoms with Gasteiger partial charge in [0.15, 0.2) is 0 Å². The number of benzene rings is 2. The molecular formula is C27H29N3O5. The molecule has 2 heterocycles. The lowest BCUT2D eigenvalue weighted by Gasteiger charge is -2.30. The maximum absolute atomic E-state index is 12.0. The van der Waals surface area contributed by atoms with Crippen molar-refractivity contribution in [2.45, 2.75) is 51.4 Å². The number of nitriles is 1. The van der Waals surface area contributed by atoms with E-state index in [1.165, 1.54) is 6.42 Å². The fourth-order valence-electron chi connectivity index (χ4n) is 4.59. The van der Waals surface area contributed by atoms with E-state index >= 15 is 0 Å². The Morgan fingerprint density at radius 2 is 1.89 bits per heavy atom. The zero-order chi connectivity index (χ0) is 24.4. The van der Waals surface area contributed by atoms with E-state index in [1.807, 2.05) is 42.5 Å². The van der Waals surface area contributed by atoms with Crippen LogP contribution in [-0.2, 0) is 14.2 Å². The Labute approximate surface area is 204 Å². The van der Waals surface area contributed by atoms with Crippen LogP contribution in [0.1, 0.15) is 44.7 Å². The van der Waals surface area contributed by atoms with Crippen LogP contribution in [0, 0.1) is 11.3 Å². The molecule has 1 N–H and O–H groups in total. The van der Waals surface area contributed by atoms with E-state index in [0.29, 0.717) is 36.3 Å². The topological polar surface area (TPSA) is 94.7 Å². The van der Waals surface area contributed by atoms with Gasteiger partial charge in [-0.25, -0.2) is 4.79 Å². The Balaban J connectivity index is 1.51. The zero-order valence-corrected chi connectivity index (χ0v) is 20.0. The highest BCUT2D eigenvalue weighted by Gasteiger charge is 2.28. The van der Waals surface area contributed by atoms with Gasteiger partial charge in [0.2, 0.25) is 0 Å². The molecule has 182 valence electrons.